The van der Waals surface area contributed by atoms with Crippen LogP contribution in [-0.4, -0.2) is 71.5 Å². The van der Waals surface area contributed by atoms with E-state index in [1.807, 2.05) is 56.6 Å². The number of nitrogens with zero attached hydrogens (tertiary/aromatic N) is 5. The summed E-state index contributed by atoms with van der Waals surface area (Å²) in [6, 6.07) is 13.3. The van der Waals surface area contributed by atoms with Gasteiger partial charge >= 0.3 is 0 Å². The molecule has 2 aromatic carbocycles. The molecule has 2 aromatic heterocycles. The minimum Gasteiger partial charge on any atom is -0.472 e. The molecule has 1 aliphatic heterocycles. The molecule has 5 rings (SSSR count). The van der Waals surface area contributed by atoms with Gasteiger partial charge < -0.3 is 14.8 Å². The zero-order chi connectivity index (χ0) is 32.1. The van der Waals surface area contributed by atoms with Crippen molar-refractivity contribution in [2.75, 3.05) is 26.8 Å². The first-order valence-corrected chi connectivity index (χ1v) is 16.9. The van der Waals surface area contributed by atoms with Gasteiger partial charge in [0.25, 0.3) is 0 Å². The average molecular weight is 635 g/mol. The Kier molecular flexibility index (Phi) is 10.2. The van der Waals surface area contributed by atoms with Crippen LogP contribution in [0.5, 0.6) is 5.88 Å². The molecule has 1 amide bonds. The number of nitrogens with one attached hydrogen (secondary N) is 1. The van der Waals surface area contributed by atoms with E-state index in [4.69, 9.17) is 9.47 Å². The molecule has 0 fully saturated rings. The van der Waals surface area contributed by atoms with E-state index < -0.39 is 10.0 Å². The fourth-order valence-electron chi connectivity index (χ4n) is 5.85. The molecule has 3 heterocycles. The van der Waals surface area contributed by atoms with Crippen molar-refractivity contribution in [3.63, 3.8) is 0 Å². The molecule has 0 saturated heterocycles. The van der Waals surface area contributed by atoms with Crippen LogP contribution >= 0.6 is 0 Å². The number of ether oxygens (including phenoxy) is 2. The summed E-state index contributed by atoms with van der Waals surface area (Å²) in [5, 5.41) is 11.8. The lowest BCUT2D eigenvalue weighted by atomic mass is 9.84. The fourth-order valence-corrected chi connectivity index (χ4v) is 7.38. The molecule has 0 radical (unpaired) electrons. The number of carbonyl (C=O) groups excluding carboxylic acids is 1. The predicted molar refractivity (Wildman–Crippen MR) is 172 cm³/mol. The third kappa shape index (κ3) is 6.87. The fraction of sp³-hybridized carbons (Fsp3) is 0.455. The lowest BCUT2D eigenvalue weighted by Crippen LogP contribution is -2.36. The number of aromatic nitrogens is 4. The van der Waals surface area contributed by atoms with Crippen molar-refractivity contribution in [3.05, 3.63) is 76.5 Å². The standard InChI is InChI=1S/C33H42N6O5S/c1-6-26-21-38(45(41,42)30-10-8-15-35-33(30)44-26)20-25-18-24(12-11-22(25)3)28(19-31(40)34-16-9-17-43-5)27-13-14-29-32(23(27)4)36-37-39(29)7-2/h8,10-15,18,26,28H,6-7,9,16-17,19-21H2,1-5H3,(H,34,40)/t26-,28+/m1/s1. The molecule has 0 unspecified atom stereocenters. The molecule has 1 aliphatic rings. The summed E-state index contributed by atoms with van der Waals surface area (Å²) in [6.07, 6.45) is 2.78. The van der Waals surface area contributed by atoms with Crippen LogP contribution in [0.1, 0.15) is 66.8 Å². The highest BCUT2D eigenvalue weighted by Crippen LogP contribution is 2.36. The number of amides is 1. The predicted octanol–water partition coefficient (Wildman–Crippen LogP) is 4.50. The van der Waals surface area contributed by atoms with Gasteiger partial charge in [0, 0.05) is 51.9 Å². The van der Waals surface area contributed by atoms with Crippen LogP contribution in [0.2, 0.25) is 0 Å². The second-order valence-electron chi connectivity index (χ2n) is 11.4. The number of hydrogen-bond donors (Lipinski definition) is 1. The first-order valence-electron chi connectivity index (χ1n) is 15.5. The number of pyridine rings is 1. The van der Waals surface area contributed by atoms with Gasteiger partial charge in [-0.1, -0.05) is 36.4 Å². The van der Waals surface area contributed by atoms with Gasteiger partial charge in [-0.3, -0.25) is 4.79 Å². The van der Waals surface area contributed by atoms with E-state index in [-0.39, 0.29) is 48.2 Å². The molecule has 240 valence electrons. The molecule has 0 aliphatic carbocycles. The SMILES string of the molecule is CC[C@@H]1CN(Cc2cc([C@H](CC(=O)NCCCOC)c3ccc4c(nnn4CC)c3C)ccc2C)S(=O)(=O)c2cccnc2O1. The maximum absolute atomic E-state index is 13.9. The molecular weight excluding hydrogens is 592 g/mol. The summed E-state index contributed by atoms with van der Waals surface area (Å²) in [6.45, 7) is 10.1. The summed E-state index contributed by atoms with van der Waals surface area (Å²) in [7, 11) is -2.23. The Labute approximate surface area is 265 Å². The van der Waals surface area contributed by atoms with Crippen LogP contribution in [-0.2, 0) is 32.6 Å². The van der Waals surface area contributed by atoms with Crippen LogP contribution in [0.4, 0.5) is 0 Å². The van der Waals surface area contributed by atoms with E-state index in [9.17, 15) is 13.2 Å². The van der Waals surface area contributed by atoms with E-state index in [1.54, 1.807) is 25.4 Å². The average Bonchev–Trinajstić information content (AvgIpc) is 3.42. The Balaban J connectivity index is 1.53. The smallest absolute Gasteiger partial charge is 0.248 e. The van der Waals surface area contributed by atoms with Gasteiger partial charge in [-0.25, -0.2) is 18.1 Å². The number of hydrogen-bond acceptors (Lipinski definition) is 8. The van der Waals surface area contributed by atoms with Gasteiger partial charge in [-0.15, -0.1) is 5.10 Å². The van der Waals surface area contributed by atoms with Crippen molar-refractivity contribution in [1.29, 1.82) is 0 Å². The minimum absolute atomic E-state index is 0.0711. The summed E-state index contributed by atoms with van der Waals surface area (Å²) in [5.41, 5.74) is 6.44. The largest absolute Gasteiger partial charge is 0.472 e. The lowest BCUT2D eigenvalue weighted by Gasteiger charge is -2.25. The van der Waals surface area contributed by atoms with Gasteiger partial charge in [0.05, 0.1) is 12.1 Å². The van der Waals surface area contributed by atoms with Gasteiger partial charge in [0.1, 0.15) is 16.5 Å². The highest BCUT2D eigenvalue weighted by molar-refractivity contribution is 7.89. The summed E-state index contributed by atoms with van der Waals surface area (Å²) >= 11 is 0. The summed E-state index contributed by atoms with van der Waals surface area (Å²) in [5.74, 6) is -0.225. The molecule has 0 saturated carbocycles. The van der Waals surface area contributed by atoms with Gasteiger partial charge in [-0.05, 0) is 79.6 Å². The van der Waals surface area contributed by atoms with Gasteiger partial charge in [-0.2, -0.15) is 4.31 Å². The van der Waals surface area contributed by atoms with Crippen LogP contribution in [0, 0.1) is 13.8 Å². The minimum atomic E-state index is -3.87. The Morgan fingerprint density at radius 2 is 2.00 bits per heavy atom. The van der Waals surface area contributed by atoms with E-state index in [2.05, 4.69) is 26.7 Å². The maximum atomic E-state index is 13.9. The molecule has 2 atom stereocenters. The van der Waals surface area contributed by atoms with E-state index >= 15 is 0 Å². The maximum Gasteiger partial charge on any atom is 0.248 e. The summed E-state index contributed by atoms with van der Waals surface area (Å²) in [4.78, 5) is 17.6. The molecule has 0 spiro atoms. The Hall–Kier alpha value is -3.87. The second-order valence-corrected chi connectivity index (χ2v) is 13.4. The van der Waals surface area contributed by atoms with Crippen molar-refractivity contribution >= 4 is 27.0 Å². The topological polar surface area (TPSA) is 129 Å². The first kappa shape index (κ1) is 32.5. The number of fused-ring (bicyclic) bond motifs is 2. The third-order valence-electron chi connectivity index (χ3n) is 8.51. The number of sulfonamides is 1. The summed E-state index contributed by atoms with van der Waals surface area (Å²) < 4.78 is 42.2. The molecule has 1 N–H and O–H groups in total. The molecule has 11 nitrogen and oxygen atoms in total. The van der Waals surface area contributed by atoms with E-state index in [0.717, 1.165) is 45.3 Å². The molecule has 12 heteroatoms. The van der Waals surface area contributed by atoms with Crippen LogP contribution in [0.15, 0.2) is 53.6 Å². The van der Waals surface area contributed by atoms with Gasteiger partial charge in [0.15, 0.2) is 0 Å². The quantitative estimate of drug-likeness (QED) is 0.226. The highest BCUT2D eigenvalue weighted by atomic mass is 32.2. The number of carbonyl (C=O) groups is 1. The molecule has 0 bridgehead atoms. The monoisotopic (exact) mass is 634 g/mol. The first-order chi connectivity index (χ1) is 21.7. The lowest BCUT2D eigenvalue weighted by molar-refractivity contribution is -0.121. The van der Waals surface area contributed by atoms with E-state index in [1.165, 1.54) is 4.31 Å². The number of methoxy groups -OCH3 is 1. The second kappa shape index (κ2) is 14.1. The van der Waals surface area contributed by atoms with Crippen LogP contribution < -0.4 is 10.1 Å². The van der Waals surface area contributed by atoms with Crippen molar-refractivity contribution < 1.29 is 22.7 Å². The Morgan fingerprint density at radius 3 is 2.76 bits per heavy atom. The van der Waals surface area contributed by atoms with Crippen molar-refractivity contribution in [3.8, 4) is 5.88 Å². The molecule has 4 aromatic rings. The van der Waals surface area contributed by atoms with Crippen LogP contribution in [0.25, 0.3) is 11.0 Å². The number of aryl methyl sites for hydroxylation is 3. The Morgan fingerprint density at radius 1 is 1.18 bits per heavy atom. The van der Waals surface area contributed by atoms with E-state index in [0.29, 0.717) is 26.1 Å². The molecule has 45 heavy (non-hydrogen) atoms. The number of benzene rings is 2. The van der Waals surface area contributed by atoms with Crippen LogP contribution in [0.3, 0.4) is 0 Å². The molecular formula is C33H42N6O5S. The van der Waals surface area contributed by atoms with Crippen molar-refractivity contribution in [1.82, 2.24) is 29.6 Å². The number of rotatable bonds is 12. The zero-order valence-electron chi connectivity index (χ0n) is 26.6. The normalized spacial score (nSPS) is 17.0. The van der Waals surface area contributed by atoms with Crippen molar-refractivity contribution in [2.24, 2.45) is 0 Å². The van der Waals surface area contributed by atoms with Crippen molar-refractivity contribution in [2.45, 2.75) is 77.0 Å². The third-order valence-corrected chi connectivity index (χ3v) is 10.3. The highest BCUT2D eigenvalue weighted by Gasteiger charge is 2.35. The van der Waals surface area contributed by atoms with Gasteiger partial charge in [0.2, 0.25) is 21.8 Å². The zero-order valence-corrected chi connectivity index (χ0v) is 27.4. The Bertz CT molecular complexity index is 1770.